The molecule has 10 heavy (non-hydrogen) atoms. The Balaban J connectivity index is 2.37. The minimum atomic E-state index is -1.02. The minimum Gasteiger partial charge on any atom is -0.375 e. The SMILES string of the molecule is CC(C)(C)CC1(F)COC1. The van der Waals surface area contributed by atoms with Crippen molar-refractivity contribution in [2.75, 3.05) is 13.2 Å². The number of halogens is 1. The first-order valence-electron chi connectivity index (χ1n) is 3.68. The zero-order chi connectivity index (χ0) is 7.83. The molecule has 0 aromatic rings. The van der Waals surface area contributed by atoms with Gasteiger partial charge < -0.3 is 4.74 Å². The van der Waals surface area contributed by atoms with Crippen molar-refractivity contribution >= 4 is 0 Å². The summed E-state index contributed by atoms with van der Waals surface area (Å²) in [6, 6.07) is 0. The average molecular weight is 146 g/mol. The fourth-order valence-corrected chi connectivity index (χ4v) is 1.38. The monoisotopic (exact) mass is 146 g/mol. The first-order chi connectivity index (χ1) is 4.41. The topological polar surface area (TPSA) is 9.23 Å². The molecular formula is C8H15FO. The van der Waals surface area contributed by atoms with Gasteiger partial charge in [0.1, 0.15) is 0 Å². The summed E-state index contributed by atoms with van der Waals surface area (Å²) in [6.07, 6.45) is 0.611. The molecule has 0 aromatic carbocycles. The summed E-state index contributed by atoms with van der Waals surface area (Å²) in [5, 5.41) is 0. The molecule has 0 aliphatic carbocycles. The van der Waals surface area contributed by atoms with Crippen LogP contribution in [0.4, 0.5) is 4.39 Å². The summed E-state index contributed by atoms with van der Waals surface area (Å²) < 4.78 is 18.1. The van der Waals surface area contributed by atoms with E-state index in [0.717, 1.165) is 0 Å². The van der Waals surface area contributed by atoms with Crippen LogP contribution in [-0.2, 0) is 4.74 Å². The highest BCUT2D eigenvalue weighted by Gasteiger charge is 2.41. The first-order valence-corrected chi connectivity index (χ1v) is 3.68. The fourth-order valence-electron chi connectivity index (χ4n) is 1.38. The highest BCUT2D eigenvalue weighted by atomic mass is 19.1. The lowest BCUT2D eigenvalue weighted by atomic mass is 9.82. The number of hydrogen-bond acceptors (Lipinski definition) is 1. The Kier molecular flexibility index (Phi) is 1.75. The van der Waals surface area contributed by atoms with E-state index in [1.54, 1.807) is 0 Å². The van der Waals surface area contributed by atoms with Crippen molar-refractivity contribution in [3.8, 4) is 0 Å². The molecule has 1 aliphatic rings. The Bertz CT molecular complexity index is 122. The Hall–Kier alpha value is -0.110. The van der Waals surface area contributed by atoms with Gasteiger partial charge in [0.2, 0.25) is 0 Å². The van der Waals surface area contributed by atoms with Crippen LogP contribution in [0, 0.1) is 5.41 Å². The van der Waals surface area contributed by atoms with Gasteiger partial charge in [0.05, 0.1) is 13.2 Å². The summed E-state index contributed by atoms with van der Waals surface area (Å²) in [7, 11) is 0. The molecule has 0 amide bonds. The second kappa shape index (κ2) is 2.19. The molecule has 0 radical (unpaired) electrons. The highest BCUT2D eigenvalue weighted by molar-refractivity contribution is 4.89. The van der Waals surface area contributed by atoms with Crippen LogP contribution < -0.4 is 0 Å². The molecule has 1 saturated heterocycles. The zero-order valence-electron chi connectivity index (χ0n) is 6.91. The third-order valence-electron chi connectivity index (χ3n) is 1.57. The fraction of sp³-hybridized carbons (Fsp3) is 1.00. The summed E-state index contributed by atoms with van der Waals surface area (Å²) in [5.41, 5.74) is -0.934. The molecule has 0 saturated carbocycles. The Morgan fingerprint density at radius 3 is 2.00 bits per heavy atom. The van der Waals surface area contributed by atoms with E-state index >= 15 is 0 Å². The Morgan fingerprint density at radius 2 is 1.90 bits per heavy atom. The molecule has 1 fully saturated rings. The van der Waals surface area contributed by atoms with Crippen molar-refractivity contribution in [1.82, 2.24) is 0 Å². The predicted molar refractivity (Wildman–Crippen MR) is 38.7 cm³/mol. The smallest absolute Gasteiger partial charge is 0.157 e. The van der Waals surface area contributed by atoms with E-state index in [-0.39, 0.29) is 5.41 Å². The molecule has 1 rings (SSSR count). The van der Waals surface area contributed by atoms with E-state index in [9.17, 15) is 4.39 Å². The third-order valence-corrected chi connectivity index (χ3v) is 1.57. The molecule has 0 unspecified atom stereocenters. The van der Waals surface area contributed by atoms with Crippen LogP contribution in [0.25, 0.3) is 0 Å². The van der Waals surface area contributed by atoms with Crippen LogP contribution >= 0.6 is 0 Å². The van der Waals surface area contributed by atoms with Crippen LogP contribution in [0.3, 0.4) is 0 Å². The first kappa shape index (κ1) is 7.99. The van der Waals surface area contributed by atoms with Gasteiger partial charge in [-0.3, -0.25) is 0 Å². The lowest BCUT2D eigenvalue weighted by molar-refractivity contribution is -0.145. The van der Waals surface area contributed by atoms with E-state index < -0.39 is 5.67 Å². The molecule has 0 atom stereocenters. The standard InChI is InChI=1S/C8H15FO/c1-7(2,3)4-8(9)5-10-6-8/h4-6H2,1-3H3. The Labute approximate surface area is 61.6 Å². The molecule has 1 heterocycles. The molecule has 1 nitrogen and oxygen atoms in total. The average Bonchev–Trinajstić information content (AvgIpc) is 1.57. The lowest BCUT2D eigenvalue weighted by Crippen LogP contribution is -2.47. The van der Waals surface area contributed by atoms with Gasteiger partial charge in [0.15, 0.2) is 5.67 Å². The quantitative estimate of drug-likeness (QED) is 0.551. The molecule has 60 valence electrons. The predicted octanol–water partition coefficient (Wildman–Crippen LogP) is 2.16. The van der Waals surface area contributed by atoms with Gasteiger partial charge in [-0.15, -0.1) is 0 Å². The van der Waals surface area contributed by atoms with Crippen LogP contribution in [0.15, 0.2) is 0 Å². The molecule has 1 aliphatic heterocycles. The Morgan fingerprint density at radius 1 is 1.40 bits per heavy atom. The van der Waals surface area contributed by atoms with Crippen molar-refractivity contribution in [3.05, 3.63) is 0 Å². The van der Waals surface area contributed by atoms with E-state index in [4.69, 9.17) is 4.74 Å². The van der Waals surface area contributed by atoms with Gasteiger partial charge in [-0.05, 0) is 11.8 Å². The zero-order valence-corrected chi connectivity index (χ0v) is 6.91. The van der Waals surface area contributed by atoms with Crippen LogP contribution in [0.1, 0.15) is 27.2 Å². The van der Waals surface area contributed by atoms with E-state index in [1.807, 2.05) is 20.8 Å². The van der Waals surface area contributed by atoms with E-state index in [2.05, 4.69) is 0 Å². The van der Waals surface area contributed by atoms with Gasteiger partial charge in [-0.25, -0.2) is 4.39 Å². The summed E-state index contributed by atoms with van der Waals surface area (Å²) in [5.74, 6) is 0. The van der Waals surface area contributed by atoms with Crippen LogP contribution in [-0.4, -0.2) is 18.9 Å². The third kappa shape index (κ3) is 1.94. The number of alkyl halides is 1. The van der Waals surface area contributed by atoms with Crippen LogP contribution in [0.2, 0.25) is 0 Å². The largest absolute Gasteiger partial charge is 0.375 e. The minimum absolute atomic E-state index is 0.0819. The van der Waals surface area contributed by atoms with Gasteiger partial charge in [0, 0.05) is 0 Å². The highest BCUT2D eigenvalue weighted by Crippen LogP contribution is 2.35. The molecule has 0 spiro atoms. The van der Waals surface area contributed by atoms with Gasteiger partial charge in [-0.1, -0.05) is 20.8 Å². The van der Waals surface area contributed by atoms with Crippen molar-refractivity contribution in [2.24, 2.45) is 5.41 Å². The molecule has 2 heteroatoms. The lowest BCUT2D eigenvalue weighted by Gasteiger charge is -2.38. The number of ether oxygens (including phenoxy) is 1. The normalized spacial score (nSPS) is 24.0. The van der Waals surface area contributed by atoms with Gasteiger partial charge in [0.25, 0.3) is 0 Å². The second-order valence-corrected chi connectivity index (χ2v) is 4.38. The van der Waals surface area contributed by atoms with Gasteiger partial charge >= 0.3 is 0 Å². The van der Waals surface area contributed by atoms with Crippen molar-refractivity contribution < 1.29 is 9.13 Å². The van der Waals surface area contributed by atoms with E-state index in [0.29, 0.717) is 19.6 Å². The van der Waals surface area contributed by atoms with Crippen molar-refractivity contribution in [1.29, 1.82) is 0 Å². The molecule has 0 N–H and O–H groups in total. The molecule has 0 aromatic heterocycles. The number of hydrogen-bond donors (Lipinski definition) is 0. The van der Waals surface area contributed by atoms with Gasteiger partial charge in [-0.2, -0.15) is 0 Å². The maximum absolute atomic E-state index is 13.3. The second-order valence-electron chi connectivity index (χ2n) is 4.38. The maximum atomic E-state index is 13.3. The van der Waals surface area contributed by atoms with Crippen LogP contribution in [0.5, 0.6) is 0 Å². The van der Waals surface area contributed by atoms with Crippen molar-refractivity contribution in [3.63, 3.8) is 0 Å². The van der Waals surface area contributed by atoms with E-state index in [1.165, 1.54) is 0 Å². The maximum Gasteiger partial charge on any atom is 0.157 e. The summed E-state index contributed by atoms with van der Waals surface area (Å²) in [6.45, 7) is 6.74. The molecular weight excluding hydrogens is 131 g/mol. The summed E-state index contributed by atoms with van der Waals surface area (Å²) >= 11 is 0. The molecule has 0 bridgehead atoms. The summed E-state index contributed by atoms with van der Waals surface area (Å²) in [4.78, 5) is 0. The van der Waals surface area contributed by atoms with Crippen molar-refractivity contribution in [2.45, 2.75) is 32.9 Å². The number of rotatable bonds is 1.